The zero-order valence-corrected chi connectivity index (χ0v) is 12.2. The molecule has 0 aliphatic rings. The third-order valence-electron chi connectivity index (χ3n) is 2.62. The Morgan fingerprint density at radius 2 is 2.19 bits per heavy atom. The molecule has 2 aromatic rings. The third kappa shape index (κ3) is 4.28. The number of halogens is 1. The van der Waals surface area contributed by atoms with E-state index in [9.17, 15) is 4.79 Å². The predicted molar refractivity (Wildman–Crippen MR) is 82.2 cm³/mol. The molecule has 0 bridgehead atoms. The molecular weight excluding hydrogens is 292 g/mol. The van der Waals surface area contributed by atoms with Gasteiger partial charge in [-0.05, 0) is 19.1 Å². The Bertz CT molecular complexity index is 648. The lowest BCUT2D eigenvalue weighted by molar-refractivity contribution is -0.116. The molecule has 8 heteroatoms. The van der Waals surface area contributed by atoms with Crippen LogP contribution in [0, 0.1) is 6.92 Å². The van der Waals surface area contributed by atoms with Gasteiger partial charge in [-0.1, -0.05) is 17.7 Å². The number of nitrogens with two attached hydrogens (primary N) is 1. The first-order chi connectivity index (χ1) is 10.1. The first-order valence-electron chi connectivity index (χ1n) is 6.29. The molecule has 0 spiro atoms. The predicted octanol–water partition coefficient (Wildman–Crippen LogP) is 1.86. The number of aromatic nitrogens is 3. The number of hydrogen-bond acceptors (Lipinski definition) is 6. The van der Waals surface area contributed by atoms with Gasteiger partial charge in [0.1, 0.15) is 28.8 Å². The molecule has 1 amide bonds. The minimum absolute atomic E-state index is 0.154. The largest absolute Gasteiger partial charge is 0.382 e. The van der Waals surface area contributed by atoms with Gasteiger partial charge in [0.05, 0.1) is 0 Å². The average Bonchev–Trinajstić information content (AvgIpc) is 2.43. The van der Waals surface area contributed by atoms with Gasteiger partial charge in [-0.2, -0.15) is 0 Å². The van der Waals surface area contributed by atoms with Crippen LogP contribution < -0.4 is 16.4 Å². The monoisotopic (exact) mass is 306 g/mol. The summed E-state index contributed by atoms with van der Waals surface area (Å²) < 4.78 is 0. The molecule has 0 unspecified atom stereocenters. The lowest BCUT2D eigenvalue weighted by Crippen LogP contribution is -2.17. The van der Waals surface area contributed by atoms with E-state index < -0.39 is 0 Å². The first-order valence-corrected chi connectivity index (χ1v) is 6.67. The van der Waals surface area contributed by atoms with Crippen LogP contribution in [0.3, 0.4) is 0 Å². The minimum atomic E-state index is -0.154. The van der Waals surface area contributed by atoms with Crippen LogP contribution in [-0.2, 0) is 4.79 Å². The van der Waals surface area contributed by atoms with Crippen molar-refractivity contribution in [1.29, 1.82) is 0 Å². The third-order valence-corrected chi connectivity index (χ3v) is 2.99. The summed E-state index contributed by atoms with van der Waals surface area (Å²) in [5.74, 6) is 0.983. The fraction of sp³-hybridized carbons (Fsp3) is 0.231. The molecular formula is C13H15ClN6O. The molecule has 2 aromatic heterocycles. The van der Waals surface area contributed by atoms with Gasteiger partial charge in [0.25, 0.3) is 0 Å². The number of nitrogens with zero attached hydrogens (tertiary/aromatic N) is 3. The fourth-order valence-electron chi connectivity index (χ4n) is 1.62. The maximum atomic E-state index is 11.8. The lowest BCUT2D eigenvalue weighted by Gasteiger charge is -2.08. The standard InChI is InChI=1S/C13H15ClN6O/c1-8-3-2-4-9(19-8)20-10(21)5-6-16-13-11(14)12(15)17-7-18-13/h2-4,7H,5-6H2,1H3,(H,19,20,21)(H3,15,16,17,18). The second-order valence-corrected chi connectivity index (χ2v) is 4.69. The smallest absolute Gasteiger partial charge is 0.227 e. The van der Waals surface area contributed by atoms with Crippen molar-refractivity contribution in [3.05, 3.63) is 35.2 Å². The Labute approximate surface area is 127 Å². The lowest BCUT2D eigenvalue weighted by atomic mass is 10.3. The highest BCUT2D eigenvalue weighted by molar-refractivity contribution is 6.35. The zero-order valence-electron chi connectivity index (χ0n) is 11.4. The van der Waals surface area contributed by atoms with Gasteiger partial charge in [0.2, 0.25) is 5.91 Å². The van der Waals surface area contributed by atoms with Gasteiger partial charge >= 0.3 is 0 Å². The van der Waals surface area contributed by atoms with Gasteiger partial charge in [-0.3, -0.25) is 4.79 Å². The van der Waals surface area contributed by atoms with Crippen LogP contribution in [0.4, 0.5) is 17.5 Å². The number of aryl methyl sites for hydroxylation is 1. The number of rotatable bonds is 5. The number of carbonyl (C=O) groups is 1. The van der Waals surface area contributed by atoms with Crippen molar-refractivity contribution in [2.24, 2.45) is 0 Å². The highest BCUT2D eigenvalue weighted by Crippen LogP contribution is 2.22. The van der Waals surface area contributed by atoms with E-state index in [4.69, 9.17) is 17.3 Å². The number of carbonyl (C=O) groups excluding carboxylic acids is 1. The molecule has 0 aromatic carbocycles. The van der Waals surface area contributed by atoms with Gasteiger partial charge in [0.15, 0.2) is 0 Å². The van der Waals surface area contributed by atoms with Gasteiger partial charge < -0.3 is 16.4 Å². The van der Waals surface area contributed by atoms with Crippen LogP contribution in [-0.4, -0.2) is 27.4 Å². The fourth-order valence-corrected chi connectivity index (χ4v) is 1.78. The number of nitrogens with one attached hydrogen (secondary N) is 2. The Morgan fingerprint density at radius 1 is 1.38 bits per heavy atom. The molecule has 0 saturated heterocycles. The number of pyridine rings is 1. The maximum absolute atomic E-state index is 11.8. The van der Waals surface area contributed by atoms with E-state index in [1.165, 1.54) is 6.33 Å². The van der Waals surface area contributed by atoms with Crippen LogP contribution in [0.2, 0.25) is 5.02 Å². The molecule has 2 rings (SSSR count). The van der Waals surface area contributed by atoms with E-state index in [0.29, 0.717) is 18.2 Å². The van der Waals surface area contributed by atoms with Crippen LogP contribution >= 0.6 is 11.6 Å². The molecule has 110 valence electrons. The molecule has 2 heterocycles. The average molecular weight is 307 g/mol. The molecule has 0 aliphatic carbocycles. The molecule has 0 radical (unpaired) electrons. The second-order valence-electron chi connectivity index (χ2n) is 4.31. The van der Waals surface area contributed by atoms with E-state index >= 15 is 0 Å². The number of nitrogen functional groups attached to an aromatic ring is 1. The van der Waals surface area contributed by atoms with Crippen LogP contribution in [0.25, 0.3) is 0 Å². The van der Waals surface area contributed by atoms with E-state index in [0.717, 1.165) is 5.69 Å². The van der Waals surface area contributed by atoms with Crippen molar-refractivity contribution in [3.8, 4) is 0 Å². The SMILES string of the molecule is Cc1cccc(NC(=O)CCNc2ncnc(N)c2Cl)n1. The van der Waals surface area contributed by atoms with Gasteiger partial charge in [0, 0.05) is 18.7 Å². The van der Waals surface area contributed by atoms with Crippen molar-refractivity contribution in [3.63, 3.8) is 0 Å². The van der Waals surface area contributed by atoms with Crippen molar-refractivity contribution >= 4 is 35.0 Å². The van der Waals surface area contributed by atoms with Crippen molar-refractivity contribution in [2.45, 2.75) is 13.3 Å². The highest BCUT2D eigenvalue weighted by Gasteiger charge is 2.07. The number of hydrogen-bond donors (Lipinski definition) is 3. The minimum Gasteiger partial charge on any atom is -0.382 e. The van der Waals surface area contributed by atoms with E-state index in [1.807, 2.05) is 19.1 Å². The quantitative estimate of drug-likeness (QED) is 0.778. The van der Waals surface area contributed by atoms with Gasteiger partial charge in [-0.25, -0.2) is 15.0 Å². The number of amides is 1. The van der Waals surface area contributed by atoms with Crippen molar-refractivity contribution in [1.82, 2.24) is 15.0 Å². The molecule has 7 nitrogen and oxygen atoms in total. The van der Waals surface area contributed by atoms with E-state index in [-0.39, 0.29) is 23.2 Å². The molecule has 4 N–H and O–H groups in total. The molecule has 21 heavy (non-hydrogen) atoms. The van der Waals surface area contributed by atoms with E-state index in [1.54, 1.807) is 6.07 Å². The van der Waals surface area contributed by atoms with Crippen LogP contribution in [0.1, 0.15) is 12.1 Å². The summed E-state index contributed by atoms with van der Waals surface area (Å²) >= 11 is 5.93. The first kappa shape index (κ1) is 15.0. The highest BCUT2D eigenvalue weighted by atomic mass is 35.5. The van der Waals surface area contributed by atoms with Gasteiger partial charge in [-0.15, -0.1) is 0 Å². The Kier molecular flexibility index (Phi) is 4.89. The molecule has 0 aliphatic heterocycles. The summed E-state index contributed by atoms with van der Waals surface area (Å²) in [6, 6.07) is 5.43. The summed E-state index contributed by atoms with van der Waals surface area (Å²) in [4.78, 5) is 23.7. The Balaban J connectivity index is 1.83. The summed E-state index contributed by atoms with van der Waals surface area (Å²) in [6.45, 7) is 2.23. The molecule has 0 atom stereocenters. The van der Waals surface area contributed by atoms with E-state index in [2.05, 4.69) is 25.6 Å². The molecule has 0 saturated carbocycles. The maximum Gasteiger partial charge on any atom is 0.227 e. The topological polar surface area (TPSA) is 106 Å². The second kappa shape index (κ2) is 6.85. The Morgan fingerprint density at radius 3 is 2.95 bits per heavy atom. The van der Waals surface area contributed by atoms with Crippen LogP contribution in [0.5, 0.6) is 0 Å². The summed E-state index contributed by atoms with van der Waals surface area (Å²) in [5.41, 5.74) is 6.40. The molecule has 0 fully saturated rings. The zero-order chi connectivity index (χ0) is 15.2. The van der Waals surface area contributed by atoms with Crippen LogP contribution in [0.15, 0.2) is 24.5 Å². The van der Waals surface area contributed by atoms with Crippen molar-refractivity contribution in [2.75, 3.05) is 22.9 Å². The summed E-state index contributed by atoms with van der Waals surface area (Å²) in [6.07, 6.45) is 1.55. The Hall–Kier alpha value is -2.41. The normalized spacial score (nSPS) is 10.2. The number of anilines is 3. The summed E-state index contributed by atoms with van der Waals surface area (Å²) in [5, 5.41) is 5.90. The van der Waals surface area contributed by atoms with Crippen molar-refractivity contribution < 1.29 is 4.79 Å². The summed E-state index contributed by atoms with van der Waals surface area (Å²) in [7, 11) is 0.